The molecule has 1 aromatic carbocycles. The summed E-state index contributed by atoms with van der Waals surface area (Å²) in [5.41, 5.74) is 4.62. The van der Waals surface area contributed by atoms with Crippen LogP contribution in [0.5, 0.6) is 0 Å². The molecule has 1 aliphatic rings. The Hall–Kier alpha value is -1.69. The fourth-order valence-corrected chi connectivity index (χ4v) is 2.56. The van der Waals surface area contributed by atoms with Gasteiger partial charge in [0.15, 0.2) is 5.82 Å². The highest BCUT2D eigenvalue weighted by Crippen LogP contribution is 2.22. The Morgan fingerprint density at radius 2 is 2.15 bits per heavy atom. The summed E-state index contributed by atoms with van der Waals surface area (Å²) in [6.07, 6.45) is 1.79. The molecule has 1 fully saturated rings. The summed E-state index contributed by atoms with van der Waals surface area (Å²) in [6.45, 7) is 1.67. The second kappa shape index (κ2) is 5.75. The van der Waals surface area contributed by atoms with Crippen molar-refractivity contribution in [2.45, 2.75) is 18.9 Å². The zero-order valence-corrected chi connectivity index (χ0v) is 11.7. The van der Waals surface area contributed by atoms with Crippen molar-refractivity contribution < 1.29 is 13.6 Å². The van der Waals surface area contributed by atoms with Crippen molar-refractivity contribution >= 4 is 11.6 Å². The standard InChI is InChI=1S/C14H19F2N3O/c1-18-7-3-4-9(8-18)19(2)14(20)12-10(15)5-6-11(17)13(12)16/h5-6,9H,3-4,7-8,17H2,1-2H3. The van der Waals surface area contributed by atoms with Crippen molar-refractivity contribution in [3.05, 3.63) is 29.3 Å². The molecule has 2 N–H and O–H groups in total. The van der Waals surface area contributed by atoms with E-state index in [4.69, 9.17) is 5.73 Å². The van der Waals surface area contributed by atoms with Gasteiger partial charge in [-0.25, -0.2) is 8.78 Å². The van der Waals surface area contributed by atoms with Crippen LogP contribution < -0.4 is 5.73 Å². The maximum absolute atomic E-state index is 13.9. The fraction of sp³-hybridized carbons (Fsp3) is 0.500. The lowest BCUT2D eigenvalue weighted by atomic mass is 10.0. The van der Waals surface area contributed by atoms with Crippen molar-refractivity contribution in [2.24, 2.45) is 0 Å². The van der Waals surface area contributed by atoms with Gasteiger partial charge in [-0.15, -0.1) is 0 Å². The molecule has 0 aliphatic carbocycles. The smallest absolute Gasteiger partial charge is 0.259 e. The van der Waals surface area contributed by atoms with Gasteiger partial charge in [0, 0.05) is 19.6 Å². The number of nitrogens with two attached hydrogens (primary N) is 1. The lowest BCUT2D eigenvalue weighted by Crippen LogP contribution is -2.47. The Balaban J connectivity index is 2.25. The summed E-state index contributed by atoms with van der Waals surface area (Å²) < 4.78 is 27.6. The van der Waals surface area contributed by atoms with Crippen LogP contribution in [0.2, 0.25) is 0 Å². The summed E-state index contributed by atoms with van der Waals surface area (Å²) in [5.74, 6) is -2.52. The second-order valence-electron chi connectivity index (χ2n) is 5.30. The van der Waals surface area contributed by atoms with E-state index in [2.05, 4.69) is 4.90 Å². The number of rotatable bonds is 2. The number of anilines is 1. The van der Waals surface area contributed by atoms with Crippen molar-refractivity contribution in [1.29, 1.82) is 0 Å². The number of hydrogen-bond acceptors (Lipinski definition) is 3. The van der Waals surface area contributed by atoms with Crippen LogP contribution >= 0.6 is 0 Å². The zero-order valence-electron chi connectivity index (χ0n) is 11.7. The molecule has 1 aliphatic heterocycles. The van der Waals surface area contributed by atoms with E-state index in [-0.39, 0.29) is 11.7 Å². The number of likely N-dealkylation sites (N-methyl/N-ethyl adjacent to an activating group) is 2. The molecule has 0 bridgehead atoms. The molecule has 1 aromatic rings. The Morgan fingerprint density at radius 3 is 2.80 bits per heavy atom. The molecule has 1 heterocycles. The minimum absolute atomic E-state index is 0.0403. The maximum Gasteiger partial charge on any atom is 0.259 e. The second-order valence-corrected chi connectivity index (χ2v) is 5.30. The lowest BCUT2D eigenvalue weighted by molar-refractivity contribution is 0.0634. The first kappa shape index (κ1) is 14.7. The molecule has 0 saturated carbocycles. The van der Waals surface area contributed by atoms with Gasteiger partial charge in [-0.3, -0.25) is 4.79 Å². The Bertz CT molecular complexity index is 521. The normalized spacial score (nSPS) is 19.9. The highest BCUT2D eigenvalue weighted by atomic mass is 19.1. The number of benzene rings is 1. The molecular weight excluding hydrogens is 264 g/mol. The molecule has 20 heavy (non-hydrogen) atoms. The van der Waals surface area contributed by atoms with Gasteiger partial charge in [0.25, 0.3) is 5.91 Å². The van der Waals surface area contributed by atoms with Gasteiger partial charge in [0.05, 0.1) is 5.69 Å². The van der Waals surface area contributed by atoms with E-state index < -0.39 is 23.1 Å². The van der Waals surface area contributed by atoms with Crippen molar-refractivity contribution in [3.63, 3.8) is 0 Å². The number of carbonyl (C=O) groups is 1. The quantitative estimate of drug-likeness (QED) is 0.841. The van der Waals surface area contributed by atoms with Crippen LogP contribution in [0.1, 0.15) is 23.2 Å². The van der Waals surface area contributed by atoms with Gasteiger partial charge < -0.3 is 15.5 Å². The van der Waals surface area contributed by atoms with E-state index in [1.54, 1.807) is 7.05 Å². The summed E-state index contributed by atoms with van der Waals surface area (Å²) in [4.78, 5) is 15.8. The third kappa shape index (κ3) is 2.75. The van der Waals surface area contributed by atoms with E-state index in [9.17, 15) is 13.6 Å². The molecule has 2 rings (SSSR count). The molecular formula is C14H19F2N3O. The van der Waals surface area contributed by atoms with Crippen LogP contribution in [0.25, 0.3) is 0 Å². The minimum atomic E-state index is -0.981. The number of halogens is 2. The number of amides is 1. The van der Waals surface area contributed by atoms with Gasteiger partial charge in [-0.1, -0.05) is 0 Å². The van der Waals surface area contributed by atoms with Crippen molar-refractivity contribution in [1.82, 2.24) is 9.80 Å². The third-order valence-corrected chi connectivity index (χ3v) is 3.80. The summed E-state index contributed by atoms with van der Waals surface area (Å²) >= 11 is 0. The van der Waals surface area contributed by atoms with Crippen molar-refractivity contribution in [3.8, 4) is 0 Å². The number of nitrogen functional groups attached to an aromatic ring is 1. The summed E-state index contributed by atoms with van der Waals surface area (Å²) in [6, 6.07) is 2.10. The monoisotopic (exact) mass is 283 g/mol. The molecule has 1 saturated heterocycles. The van der Waals surface area contributed by atoms with E-state index in [1.807, 2.05) is 7.05 Å². The molecule has 110 valence electrons. The van der Waals surface area contributed by atoms with Crippen LogP contribution in [0, 0.1) is 11.6 Å². The minimum Gasteiger partial charge on any atom is -0.396 e. The molecule has 0 radical (unpaired) electrons. The Morgan fingerprint density at radius 1 is 1.45 bits per heavy atom. The number of nitrogens with zero attached hydrogens (tertiary/aromatic N) is 2. The lowest BCUT2D eigenvalue weighted by Gasteiger charge is -2.36. The fourth-order valence-electron chi connectivity index (χ4n) is 2.56. The first-order chi connectivity index (χ1) is 9.41. The van der Waals surface area contributed by atoms with Gasteiger partial charge in [0.1, 0.15) is 11.4 Å². The van der Waals surface area contributed by atoms with Crippen LogP contribution in [0.3, 0.4) is 0 Å². The zero-order chi connectivity index (χ0) is 14.9. The molecule has 6 heteroatoms. The molecule has 4 nitrogen and oxygen atoms in total. The van der Waals surface area contributed by atoms with E-state index >= 15 is 0 Å². The maximum atomic E-state index is 13.9. The van der Waals surface area contributed by atoms with Gasteiger partial charge in [0.2, 0.25) is 0 Å². The summed E-state index contributed by atoms with van der Waals surface area (Å²) in [7, 11) is 3.54. The van der Waals surface area contributed by atoms with E-state index in [0.717, 1.165) is 31.5 Å². The molecule has 0 aromatic heterocycles. The van der Waals surface area contributed by atoms with Crippen molar-refractivity contribution in [2.75, 3.05) is 32.9 Å². The average Bonchev–Trinajstić information content (AvgIpc) is 2.42. The predicted molar refractivity (Wildman–Crippen MR) is 73.4 cm³/mol. The van der Waals surface area contributed by atoms with Gasteiger partial charge in [-0.2, -0.15) is 0 Å². The molecule has 1 unspecified atom stereocenters. The largest absolute Gasteiger partial charge is 0.396 e. The Kier molecular flexibility index (Phi) is 4.23. The average molecular weight is 283 g/mol. The van der Waals surface area contributed by atoms with Crippen LogP contribution in [-0.4, -0.2) is 48.9 Å². The predicted octanol–water partition coefficient (Wildman–Crippen LogP) is 1.71. The number of carbonyl (C=O) groups excluding carboxylic acids is 1. The molecule has 1 amide bonds. The number of likely N-dealkylation sites (tertiary alicyclic amines) is 1. The third-order valence-electron chi connectivity index (χ3n) is 3.80. The van der Waals surface area contributed by atoms with Crippen LogP contribution in [0.15, 0.2) is 12.1 Å². The van der Waals surface area contributed by atoms with E-state index in [1.165, 1.54) is 4.90 Å². The number of hydrogen-bond donors (Lipinski definition) is 1. The molecule has 0 spiro atoms. The van der Waals surface area contributed by atoms with Gasteiger partial charge in [-0.05, 0) is 38.6 Å². The first-order valence-electron chi connectivity index (χ1n) is 6.61. The highest BCUT2D eigenvalue weighted by Gasteiger charge is 2.29. The van der Waals surface area contributed by atoms with Crippen LogP contribution in [0.4, 0.5) is 14.5 Å². The SMILES string of the molecule is CN1CCCC(N(C)C(=O)c2c(F)ccc(N)c2F)C1. The van der Waals surface area contributed by atoms with Crippen LogP contribution in [-0.2, 0) is 0 Å². The first-order valence-corrected chi connectivity index (χ1v) is 6.61. The molecule has 1 atom stereocenters. The van der Waals surface area contributed by atoms with Gasteiger partial charge >= 0.3 is 0 Å². The number of piperidine rings is 1. The topological polar surface area (TPSA) is 49.6 Å². The van der Waals surface area contributed by atoms with E-state index in [0.29, 0.717) is 6.54 Å². The highest BCUT2D eigenvalue weighted by molar-refractivity contribution is 5.95. The Labute approximate surface area is 117 Å². The summed E-state index contributed by atoms with van der Waals surface area (Å²) in [5, 5.41) is 0.